The number of benzene rings is 1. The number of ether oxygens (including phenoxy) is 6. The number of aliphatic hydroxyl groups excluding tert-OH is 5. The summed E-state index contributed by atoms with van der Waals surface area (Å²) >= 11 is 0. The average Bonchev–Trinajstić information content (AvgIpc) is 3.65. The van der Waals surface area contributed by atoms with Gasteiger partial charge < -0.3 is 59.1 Å². The third-order valence-corrected chi connectivity index (χ3v) is 8.19. The molecule has 4 fully saturated rings. The van der Waals surface area contributed by atoms with Gasteiger partial charge >= 0.3 is 11.9 Å². The second-order valence-electron chi connectivity index (χ2n) is 10.3. The summed E-state index contributed by atoms with van der Waals surface area (Å²) in [6.45, 7) is -0.696. The first kappa shape index (κ1) is 27.1. The van der Waals surface area contributed by atoms with Crippen molar-refractivity contribution in [3.8, 4) is 5.75 Å². The molecule has 1 aromatic rings. The molecule has 1 spiro atoms. The minimum absolute atomic E-state index is 0.00990. The minimum Gasteiger partial charge on any atom is -0.508 e. The van der Waals surface area contributed by atoms with Gasteiger partial charge in [0, 0.05) is 5.92 Å². The number of phenols is 1. The van der Waals surface area contributed by atoms with E-state index < -0.39 is 91.3 Å². The highest BCUT2D eigenvalue weighted by Crippen LogP contribution is 2.64. The van der Waals surface area contributed by atoms with Gasteiger partial charge in [-0.1, -0.05) is 12.1 Å². The summed E-state index contributed by atoms with van der Waals surface area (Å²) < 4.78 is 33.6. The van der Waals surface area contributed by atoms with E-state index in [0.29, 0.717) is 5.56 Å². The SMILES string of the molecule is COC(=O)C1=CO[C@@H](O[C@@H]2O[C@H](CO)[C@H](O)[C@H](O)[C@H]2O)[C@H]2[C@@H]1[C@@H]1OC1C21OC(=O)/C(=C/c2ccc(O)cc2)[C@H]1O. The second-order valence-corrected chi connectivity index (χ2v) is 10.3. The highest BCUT2D eigenvalue weighted by molar-refractivity contribution is 5.98. The summed E-state index contributed by atoms with van der Waals surface area (Å²) in [6.07, 6.45) is -10.1. The Kier molecular flexibility index (Phi) is 6.63. The van der Waals surface area contributed by atoms with Crippen molar-refractivity contribution >= 4 is 18.0 Å². The minimum atomic E-state index is -1.79. The predicted molar refractivity (Wildman–Crippen MR) is 126 cm³/mol. The van der Waals surface area contributed by atoms with Gasteiger partial charge in [0.15, 0.2) is 11.9 Å². The lowest BCUT2D eigenvalue weighted by Gasteiger charge is -2.45. The number of hydrogen-bond acceptors (Lipinski definition) is 14. The van der Waals surface area contributed by atoms with Crippen molar-refractivity contribution in [1.29, 1.82) is 0 Å². The number of fused-ring (bicyclic) bond motifs is 5. The Bertz CT molecular complexity index is 1240. The van der Waals surface area contributed by atoms with Crippen LogP contribution in [0.5, 0.6) is 5.75 Å². The van der Waals surface area contributed by atoms with Gasteiger partial charge in [0.1, 0.15) is 42.4 Å². The van der Waals surface area contributed by atoms with Gasteiger partial charge in [0.2, 0.25) is 6.29 Å². The third kappa shape index (κ3) is 3.94. The second kappa shape index (κ2) is 9.78. The molecule has 14 nitrogen and oxygen atoms in total. The highest BCUT2D eigenvalue weighted by Gasteiger charge is 2.81. The van der Waals surface area contributed by atoms with Crippen LogP contribution in [0.1, 0.15) is 5.56 Å². The predicted octanol–water partition coefficient (Wildman–Crippen LogP) is -2.32. The Balaban J connectivity index is 1.37. The fourth-order valence-corrected chi connectivity index (χ4v) is 6.20. The lowest BCUT2D eigenvalue weighted by Crippen LogP contribution is -2.62. The Hall–Kier alpha value is -3.08. The van der Waals surface area contributed by atoms with Crippen molar-refractivity contribution in [2.75, 3.05) is 13.7 Å². The van der Waals surface area contributed by atoms with Crippen molar-refractivity contribution in [3.05, 3.63) is 47.2 Å². The van der Waals surface area contributed by atoms with Gasteiger partial charge in [0.25, 0.3) is 0 Å². The summed E-state index contributed by atoms with van der Waals surface area (Å²) in [4.78, 5) is 25.8. The molecule has 12 atom stereocenters. The fraction of sp³-hybridized carbons (Fsp3) is 0.538. The molecule has 5 aliphatic rings. The van der Waals surface area contributed by atoms with E-state index in [2.05, 4.69) is 0 Å². The zero-order valence-corrected chi connectivity index (χ0v) is 21.0. The van der Waals surface area contributed by atoms with Gasteiger partial charge in [-0.3, -0.25) is 0 Å². The molecule has 4 heterocycles. The van der Waals surface area contributed by atoms with Crippen molar-refractivity contribution < 1.29 is 68.6 Å². The van der Waals surface area contributed by atoms with Gasteiger partial charge in [0.05, 0.1) is 43.1 Å². The fourth-order valence-electron chi connectivity index (χ4n) is 6.20. The van der Waals surface area contributed by atoms with Gasteiger partial charge in [-0.2, -0.15) is 0 Å². The number of rotatable bonds is 5. The third-order valence-electron chi connectivity index (χ3n) is 8.19. The van der Waals surface area contributed by atoms with Crippen molar-refractivity contribution in [2.45, 2.75) is 60.9 Å². The van der Waals surface area contributed by atoms with E-state index >= 15 is 0 Å². The Morgan fingerprint density at radius 2 is 1.77 bits per heavy atom. The molecule has 4 aliphatic heterocycles. The molecular weight excluding hydrogens is 536 g/mol. The zero-order chi connectivity index (χ0) is 28.5. The van der Waals surface area contributed by atoms with Crippen LogP contribution in [0.4, 0.5) is 0 Å². The van der Waals surface area contributed by atoms with Crippen LogP contribution in [0.3, 0.4) is 0 Å². The van der Waals surface area contributed by atoms with Crippen LogP contribution in [0, 0.1) is 11.8 Å². The zero-order valence-electron chi connectivity index (χ0n) is 21.0. The Labute approximate surface area is 226 Å². The van der Waals surface area contributed by atoms with E-state index in [4.69, 9.17) is 28.4 Å². The van der Waals surface area contributed by atoms with Crippen LogP contribution in [-0.4, -0.2) is 117 Å². The normalized spacial score (nSPS) is 44.5. The van der Waals surface area contributed by atoms with Crippen LogP contribution in [0.2, 0.25) is 0 Å². The molecule has 0 aromatic heterocycles. The van der Waals surface area contributed by atoms with E-state index in [9.17, 15) is 40.2 Å². The largest absolute Gasteiger partial charge is 0.508 e. The number of aliphatic hydroxyl groups is 5. The molecule has 2 unspecified atom stereocenters. The number of methoxy groups -OCH3 is 1. The molecule has 216 valence electrons. The molecule has 40 heavy (non-hydrogen) atoms. The molecule has 1 saturated carbocycles. The maximum Gasteiger partial charge on any atom is 0.337 e. The number of carbonyl (C=O) groups is 2. The van der Waals surface area contributed by atoms with Crippen LogP contribution in [0.15, 0.2) is 41.7 Å². The van der Waals surface area contributed by atoms with Crippen LogP contribution < -0.4 is 0 Å². The molecule has 14 heteroatoms. The summed E-state index contributed by atoms with van der Waals surface area (Å²) in [5.41, 5.74) is -1.36. The lowest BCUT2D eigenvalue weighted by molar-refractivity contribution is -0.350. The van der Waals surface area contributed by atoms with Crippen LogP contribution in [0.25, 0.3) is 6.08 Å². The number of carbonyl (C=O) groups excluding carboxylic acids is 2. The lowest BCUT2D eigenvalue weighted by atomic mass is 9.75. The number of esters is 2. The van der Waals surface area contributed by atoms with Crippen molar-refractivity contribution in [2.24, 2.45) is 11.8 Å². The van der Waals surface area contributed by atoms with E-state index in [1.165, 1.54) is 37.5 Å². The quantitative estimate of drug-likeness (QED) is 0.126. The van der Waals surface area contributed by atoms with E-state index in [-0.39, 0.29) is 16.9 Å². The molecule has 0 radical (unpaired) electrons. The molecule has 0 amide bonds. The standard InChI is InChI=1S/C26H28O14/c1-35-22(33)12-8-36-24(39-25-18(31)17(30)16(29)13(7-27)37-25)15-14(12)19-21(38-19)26(15)20(32)11(23(34)40-26)6-9-2-4-10(28)5-3-9/h2-6,8,13-21,24-25,27-32H,7H2,1H3/b11-6+/t13-,14-,15-,16+,17+,18-,19+,20-,21?,24+,25+,26?/m1/s1. The first-order valence-electron chi connectivity index (χ1n) is 12.6. The molecule has 0 bridgehead atoms. The van der Waals surface area contributed by atoms with Gasteiger partial charge in [-0.05, 0) is 23.8 Å². The molecule has 1 aliphatic carbocycles. The molecule has 3 saturated heterocycles. The summed E-state index contributed by atoms with van der Waals surface area (Å²) in [6, 6.07) is 5.89. The molecular formula is C26H28O14. The molecule has 1 aromatic carbocycles. The number of phenolic OH excluding ortho intramolecular Hbond substituents is 1. The summed E-state index contributed by atoms with van der Waals surface area (Å²) in [5.74, 6) is -3.51. The molecule has 6 N–H and O–H groups in total. The van der Waals surface area contributed by atoms with Crippen molar-refractivity contribution in [3.63, 3.8) is 0 Å². The van der Waals surface area contributed by atoms with E-state index in [1.54, 1.807) is 0 Å². The maximum atomic E-state index is 13.1. The first-order valence-corrected chi connectivity index (χ1v) is 12.6. The summed E-state index contributed by atoms with van der Waals surface area (Å²) in [7, 11) is 1.17. The highest BCUT2D eigenvalue weighted by atomic mass is 16.8. The average molecular weight is 564 g/mol. The first-order chi connectivity index (χ1) is 19.1. The van der Waals surface area contributed by atoms with E-state index in [1.807, 2.05) is 0 Å². The molecule has 6 rings (SSSR count). The smallest absolute Gasteiger partial charge is 0.337 e. The Morgan fingerprint density at radius 1 is 1.05 bits per heavy atom. The number of aromatic hydroxyl groups is 1. The van der Waals surface area contributed by atoms with Crippen LogP contribution >= 0.6 is 0 Å². The van der Waals surface area contributed by atoms with Gasteiger partial charge in [-0.25, -0.2) is 9.59 Å². The van der Waals surface area contributed by atoms with Crippen molar-refractivity contribution in [1.82, 2.24) is 0 Å². The maximum absolute atomic E-state index is 13.1. The monoisotopic (exact) mass is 564 g/mol. The summed E-state index contributed by atoms with van der Waals surface area (Å²) in [5, 5.41) is 61.6. The Morgan fingerprint density at radius 3 is 2.45 bits per heavy atom. The van der Waals surface area contributed by atoms with Gasteiger partial charge in [-0.15, -0.1) is 0 Å². The topological polar surface area (TPSA) is 214 Å². The number of hydrogen-bond donors (Lipinski definition) is 6. The number of epoxide rings is 1. The van der Waals surface area contributed by atoms with E-state index in [0.717, 1.165) is 6.26 Å². The van der Waals surface area contributed by atoms with Crippen LogP contribution in [-0.2, 0) is 38.0 Å².